The first kappa shape index (κ1) is 16.9. The Morgan fingerprint density at radius 3 is 2.57 bits per heavy atom. The van der Waals surface area contributed by atoms with Gasteiger partial charge in [0.05, 0.1) is 19.3 Å². The normalized spacial score (nSPS) is 21.3. The molecule has 0 aromatic heterocycles. The highest BCUT2D eigenvalue weighted by atomic mass is 16.5. The Morgan fingerprint density at radius 2 is 1.91 bits per heavy atom. The third-order valence-corrected chi connectivity index (χ3v) is 5.03. The Labute approximate surface area is 140 Å². The van der Waals surface area contributed by atoms with Gasteiger partial charge in [0.25, 0.3) is 0 Å². The van der Waals surface area contributed by atoms with E-state index in [9.17, 15) is 5.11 Å². The van der Waals surface area contributed by atoms with Gasteiger partial charge in [0.15, 0.2) is 0 Å². The van der Waals surface area contributed by atoms with Crippen molar-refractivity contribution < 1.29 is 9.84 Å². The lowest BCUT2D eigenvalue weighted by Crippen LogP contribution is -2.45. The Kier molecular flexibility index (Phi) is 6.46. The molecular weight excluding hydrogens is 288 g/mol. The minimum absolute atomic E-state index is 0.281. The van der Waals surface area contributed by atoms with Crippen LogP contribution >= 0.6 is 0 Å². The Bertz CT molecular complexity index is 444. The Morgan fingerprint density at radius 1 is 1.17 bits per heavy atom. The molecule has 0 amide bonds. The standard InChI is InChI=1S/C19H30N2O2/c22-19(15-20-9-11-23-12-10-20)16-21(14-18-7-4-8-18)13-17-5-2-1-3-6-17/h1-3,5-6,18-19,22H,4,7-16H2. The predicted octanol–water partition coefficient (Wildman–Crippen LogP) is 1.98. The van der Waals surface area contributed by atoms with Crippen molar-refractivity contribution in [2.24, 2.45) is 5.92 Å². The monoisotopic (exact) mass is 318 g/mol. The molecule has 1 aromatic rings. The van der Waals surface area contributed by atoms with Crippen LogP contribution in [0.3, 0.4) is 0 Å². The van der Waals surface area contributed by atoms with Gasteiger partial charge in [-0.25, -0.2) is 0 Å². The Hall–Kier alpha value is -0.940. The van der Waals surface area contributed by atoms with E-state index in [1.54, 1.807) is 0 Å². The van der Waals surface area contributed by atoms with Crippen LogP contribution in [-0.2, 0) is 11.3 Å². The maximum Gasteiger partial charge on any atom is 0.0793 e. The molecule has 1 aliphatic carbocycles. The predicted molar refractivity (Wildman–Crippen MR) is 92.3 cm³/mol. The summed E-state index contributed by atoms with van der Waals surface area (Å²) >= 11 is 0. The molecule has 0 radical (unpaired) electrons. The zero-order valence-corrected chi connectivity index (χ0v) is 14.1. The number of aliphatic hydroxyl groups excluding tert-OH is 1. The summed E-state index contributed by atoms with van der Waals surface area (Å²) < 4.78 is 5.38. The van der Waals surface area contributed by atoms with Gasteiger partial charge < -0.3 is 9.84 Å². The van der Waals surface area contributed by atoms with Crippen LogP contribution in [0.4, 0.5) is 0 Å². The molecule has 4 nitrogen and oxygen atoms in total. The molecule has 1 aromatic carbocycles. The lowest BCUT2D eigenvalue weighted by atomic mass is 9.85. The molecule has 128 valence electrons. The summed E-state index contributed by atoms with van der Waals surface area (Å²) in [4.78, 5) is 4.77. The third kappa shape index (κ3) is 5.57. The second-order valence-corrected chi connectivity index (χ2v) is 7.04. The summed E-state index contributed by atoms with van der Waals surface area (Å²) in [6.45, 7) is 7.07. The van der Waals surface area contributed by atoms with Gasteiger partial charge in [-0.2, -0.15) is 0 Å². The summed E-state index contributed by atoms with van der Waals surface area (Å²) in [5.41, 5.74) is 1.34. The van der Waals surface area contributed by atoms with Crippen LogP contribution in [0.1, 0.15) is 24.8 Å². The molecule has 1 N–H and O–H groups in total. The number of rotatable bonds is 8. The van der Waals surface area contributed by atoms with Crippen LogP contribution in [0, 0.1) is 5.92 Å². The molecule has 0 spiro atoms. The minimum atomic E-state index is -0.281. The maximum absolute atomic E-state index is 10.5. The van der Waals surface area contributed by atoms with E-state index < -0.39 is 0 Å². The number of aliphatic hydroxyl groups is 1. The number of hydrogen-bond donors (Lipinski definition) is 1. The van der Waals surface area contributed by atoms with E-state index in [1.165, 1.54) is 24.8 Å². The van der Waals surface area contributed by atoms with Gasteiger partial charge >= 0.3 is 0 Å². The Balaban J connectivity index is 1.51. The highest BCUT2D eigenvalue weighted by Crippen LogP contribution is 2.27. The van der Waals surface area contributed by atoms with Gasteiger partial charge in [-0.15, -0.1) is 0 Å². The number of morpholine rings is 1. The van der Waals surface area contributed by atoms with E-state index in [0.29, 0.717) is 0 Å². The van der Waals surface area contributed by atoms with E-state index >= 15 is 0 Å². The first-order valence-electron chi connectivity index (χ1n) is 9.04. The largest absolute Gasteiger partial charge is 0.390 e. The van der Waals surface area contributed by atoms with Crippen molar-refractivity contribution in [3.8, 4) is 0 Å². The SMILES string of the molecule is OC(CN1CCOCC1)CN(Cc1ccccc1)CC1CCC1. The first-order valence-corrected chi connectivity index (χ1v) is 9.04. The van der Waals surface area contributed by atoms with Crippen LogP contribution < -0.4 is 0 Å². The van der Waals surface area contributed by atoms with Gasteiger partial charge in [-0.3, -0.25) is 9.80 Å². The fourth-order valence-corrected chi connectivity index (χ4v) is 3.52. The molecule has 4 heteroatoms. The van der Waals surface area contributed by atoms with Crippen LogP contribution in [0.15, 0.2) is 30.3 Å². The number of β-amino-alcohol motifs (C(OH)–C–C–N with tert-alkyl or cyclic N) is 1. The fraction of sp³-hybridized carbons (Fsp3) is 0.684. The molecule has 1 aliphatic heterocycles. The lowest BCUT2D eigenvalue weighted by molar-refractivity contribution is 0.00378. The molecule has 2 aliphatic rings. The van der Waals surface area contributed by atoms with Crippen molar-refractivity contribution in [2.45, 2.75) is 31.9 Å². The quantitative estimate of drug-likeness (QED) is 0.795. The fourth-order valence-electron chi connectivity index (χ4n) is 3.52. The lowest BCUT2D eigenvalue weighted by Gasteiger charge is -2.35. The smallest absolute Gasteiger partial charge is 0.0793 e. The number of nitrogens with zero attached hydrogens (tertiary/aromatic N) is 2. The molecular formula is C19H30N2O2. The molecule has 1 heterocycles. The van der Waals surface area contributed by atoms with E-state index in [2.05, 4.69) is 40.1 Å². The molecule has 1 saturated carbocycles. The number of hydrogen-bond acceptors (Lipinski definition) is 4. The summed E-state index contributed by atoms with van der Waals surface area (Å²) in [6, 6.07) is 10.6. The molecule has 1 saturated heterocycles. The topological polar surface area (TPSA) is 35.9 Å². The van der Waals surface area contributed by atoms with E-state index in [-0.39, 0.29) is 6.10 Å². The van der Waals surface area contributed by atoms with Crippen molar-refractivity contribution in [3.05, 3.63) is 35.9 Å². The van der Waals surface area contributed by atoms with Gasteiger partial charge in [0.2, 0.25) is 0 Å². The van der Waals surface area contributed by atoms with Crippen molar-refractivity contribution in [2.75, 3.05) is 45.9 Å². The van der Waals surface area contributed by atoms with Crippen LogP contribution in [0.2, 0.25) is 0 Å². The maximum atomic E-state index is 10.5. The summed E-state index contributed by atoms with van der Waals surface area (Å²) in [7, 11) is 0. The highest BCUT2D eigenvalue weighted by Gasteiger charge is 2.23. The minimum Gasteiger partial charge on any atom is -0.390 e. The van der Waals surface area contributed by atoms with Crippen molar-refractivity contribution >= 4 is 0 Å². The average molecular weight is 318 g/mol. The molecule has 2 fully saturated rings. The van der Waals surface area contributed by atoms with E-state index in [0.717, 1.165) is 58.4 Å². The van der Waals surface area contributed by atoms with Crippen molar-refractivity contribution in [1.82, 2.24) is 9.80 Å². The van der Waals surface area contributed by atoms with Gasteiger partial charge in [-0.1, -0.05) is 36.8 Å². The van der Waals surface area contributed by atoms with Crippen molar-refractivity contribution in [1.29, 1.82) is 0 Å². The average Bonchev–Trinajstić information content (AvgIpc) is 2.52. The number of ether oxygens (including phenoxy) is 1. The first-order chi connectivity index (χ1) is 11.3. The second-order valence-electron chi connectivity index (χ2n) is 7.04. The summed E-state index contributed by atoms with van der Waals surface area (Å²) in [5, 5.41) is 10.5. The molecule has 3 rings (SSSR count). The van der Waals surface area contributed by atoms with Gasteiger partial charge in [-0.05, 0) is 24.3 Å². The van der Waals surface area contributed by atoms with Gasteiger partial charge in [0, 0.05) is 39.3 Å². The van der Waals surface area contributed by atoms with Crippen LogP contribution in [0.5, 0.6) is 0 Å². The zero-order chi connectivity index (χ0) is 15.9. The van der Waals surface area contributed by atoms with E-state index in [1.807, 2.05) is 0 Å². The van der Waals surface area contributed by atoms with Crippen LogP contribution in [0.25, 0.3) is 0 Å². The zero-order valence-electron chi connectivity index (χ0n) is 14.1. The summed E-state index contributed by atoms with van der Waals surface area (Å²) in [6.07, 6.45) is 3.80. The van der Waals surface area contributed by atoms with Gasteiger partial charge in [0.1, 0.15) is 0 Å². The molecule has 1 unspecified atom stereocenters. The highest BCUT2D eigenvalue weighted by molar-refractivity contribution is 5.14. The van der Waals surface area contributed by atoms with Crippen molar-refractivity contribution in [3.63, 3.8) is 0 Å². The molecule has 1 atom stereocenters. The molecule has 0 bridgehead atoms. The van der Waals surface area contributed by atoms with E-state index in [4.69, 9.17) is 4.74 Å². The summed E-state index contributed by atoms with van der Waals surface area (Å²) in [5.74, 6) is 0.828. The van der Waals surface area contributed by atoms with Crippen LogP contribution in [-0.4, -0.2) is 66.9 Å². The third-order valence-electron chi connectivity index (χ3n) is 5.03. The second kappa shape index (κ2) is 8.78. The molecule has 23 heavy (non-hydrogen) atoms. The number of benzene rings is 1.